The Morgan fingerprint density at radius 3 is 2.29 bits per heavy atom. The summed E-state index contributed by atoms with van der Waals surface area (Å²) in [5, 5.41) is 9.94. The van der Waals surface area contributed by atoms with Crippen LogP contribution in [0.5, 0.6) is 5.75 Å². The Hall–Kier alpha value is -1.68. The average molecular weight is 389 g/mol. The Balaban J connectivity index is 2.11. The van der Waals surface area contributed by atoms with Crippen molar-refractivity contribution in [1.29, 1.82) is 0 Å². The number of ether oxygens (including phenoxy) is 1. The van der Waals surface area contributed by atoms with Crippen LogP contribution in [0.3, 0.4) is 0 Å². The Bertz CT molecular complexity index is 670. The zero-order chi connectivity index (χ0) is 17.2. The minimum absolute atomic E-state index is 0.749. The van der Waals surface area contributed by atoms with Crippen LogP contribution in [0.1, 0.15) is 37.8 Å². The molecule has 0 bridgehead atoms. The maximum Gasteiger partial charge on any atom is 0.119 e. The van der Waals surface area contributed by atoms with E-state index in [9.17, 15) is 0 Å². The molecular formula is C20H25BrN2O. The Kier molecular flexibility index (Phi) is 7.96. The summed E-state index contributed by atoms with van der Waals surface area (Å²) in [5.74, 6) is 0.911. The number of hydrogen-bond acceptors (Lipinski definition) is 3. The van der Waals surface area contributed by atoms with Gasteiger partial charge in [-0.05, 0) is 61.1 Å². The fourth-order valence-electron chi connectivity index (χ4n) is 2.43. The van der Waals surface area contributed by atoms with Crippen LogP contribution in [0.2, 0.25) is 0 Å². The fraction of sp³-hybridized carbons (Fsp3) is 0.400. The van der Waals surface area contributed by atoms with E-state index in [0.29, 0.717) is 0 Å². The van der Waals surface area contributed by atoms with Gasteiger partial charge in [-0.25, -0.2) is 0 Å². The van der Waals surface area contributed by atoms with Gasteiger partial charge in [0.25, 0.3) is 0 Å². The van der Waals surface area contributed by atoms with E-state index in [1.54, 1.807) is 0 Å². The van der Waals surface area contributed by atoms with Gasteiger partial charge >= 0.3 is 0 Å². The van der Waals surface area contributed by atoms with Gasteiger partial charge in [-0.15, -0.1) is 0 Å². The summed E-state index contributed by atoms with van der Waals surface area (Å²) in [5.41, 5.74) is 4.23. The lowest BCUT2D eigenvalue weighted by Gasteiger charge is -2.09. The van der Waals surface area contributed by atoms with Crippen LogP contribution in [-0.4, -0.2) is 11.9 Å². The molecule has 4 heteroatoms. The molecule has 0 spiro atoms. The second kappa shape index (κ2) is 10.2. The van der Waals surface area contributed by atoms with Crippen molar-refractivity contribution in [3.8, 4) is 5.75 Å². The predicted molar refractivity (Wildman–Crippen MR) is 104 cm³/mol. The largest absolute Gasteiger partial charge is 0.494 e. The number of hydrogen-bond donors (Lipinski definition) is 0. The normalized spacial score (nSPS) is 11.1. The van der Waals surface area contributed by atoms with Crippen LogP contribution in [0.15, 0.2) is 52.7 Å². The molecule has 0 aliphatic rings. The van der Waals surface area contributed by atoms with Crippen LogP contribution < -0.4 is 4.74 Å². The summed E-state index contributed by atoms with van der Waals surface area (Å²) in [7, 11) is 0. The first-order valence-electron chi connectivity index (χ1n) is 8.59. The predicted octanol–water partition coefficient (Wildman–Crippen LogP) is 6.78. The first kappa shape index (κ1) is 18.7. The van der Waals surface area contributed by atoms with E-state index in [1.807, 2.05) is 30.3 Å². The van der Waals surface area contributed by atoms with Crippen LogP contribution in [-0.2, 0) is 12.8 Å². The molecule has 0 amide bonds. The highest BCUT2D eigenvalue weighted by atomic mass is 79.9. The lowest BCUT2D eigenvalue weighted by Crippen LogP contribution is -1.98. The molecular weight excluding hydrogens is 364 g/mol. The van der Waals surface area contributed by atoms with Gasteiger partial charge in [0.1, 0.15) is 5.75 Å². The molecule has 2 aromatic carbocycles. The molecule has 128 valence electrons. The fourth-order valence-corrected chi connectivity index (χ4v) is 2.83. The Labute approximate surface area is 153 Å². The topological polar surface area (TPSA) is 34.0 Å². The number of halogens is 1. The molecule has 2 rings (SSSR count). The van der Waals surface area contributed by atoms with Crippen LogP contribution in [0.4, 0.5) is 11.4 Å². The highest BCUT2D eigenvalue weighted by Crippen LogP contribution is 2.28. The van der Waals surface area contributed by atoms with Gasteiger partial charge in [0.2, 0.25) is 0 Å². The molecule has 0 aliphatic heterocycles. The third-order valence-electron chi connectivity index (χ3n) is 3.87. The molecule has 0 atom stereocenters. The van der Waals surface area contributed by atoms with Gasteiger partial charge in [0, 0.05) is 5.33 Å². The second-order valence-corrected chi connectivity index (χ2v) is 6.36. The SMILES string of the molecule is CCc1ccccc1/N=N/c1ccc(OCCCCBr)cc1CC. The van der Waals surface area contributed by atoms with Crippen LogP contribution in [0.25, 0.3) is 0 Å². The van der Waals surface area contributed by atoms with Crippen molar-refractivity contribution < 1.29 is 4.74 Å². The first-order valence-corrected chi connectivity index (χ1v) is 9.72. The van der Waals surface area contributed by atoms with Gasteiger partial charge in [0.15, 0.2) is 0 Å². The zero-order valence-corrected chi connectivity index (χ0v) is 16.1. The molecule has 0 aliphatic carbocycles. The van der Waals surface area contributed by atoms with Crippen molar-refractivity contribution in [3.05, 3.63) is 53.6 Å². The summed E-state index contributed by atoms with van der Waals surface area (Å²) in [6, 6.07) is 14.2. The molecule has 2 aromatic rings. The summed E-state index contributed by atoms with van der Waals surface area (Å²) < 4.78 is 5.81. The summed E-state index contributed by atoms with van der Waals surface area (Å²) in [6.45, 7) is 5.01. The molecule has 0 aromatic heterocycles. The molecule has 0 fully saturated rings. The highest BCUT2D eigenvalue weighted by molar-refractivity contribution is 9.09. The molecule has 0 unspecified atom stereocenters. The van der Waals surface area contributed by atoms with E-state index in [4.69, 9.17) is 4.74 Å². The van der Waals surface area contributed by atoms with Gasteiger partial charge in [-0.2, -0.15) is 10.2 Å². The lowest BCUT2D eigenvalue weighted by molar-refractivity contribution is 0.310. The molecule has 0 heterocycles. The maximum absolute atomic E-state index is 5.81. The standard InChI is InChI=1S/C20H25BrN2O/c1-3-16-9-5-6-10-19(16)22-23-20-12-11-18(15-17(20)4-2)24-14-8-7-13-21/h5-6,9-12,15H,3-4,7-8,13-14H2,1-2H3/b23-22+. The van der Waals surface area contributed by atoms with Gasteiger partial charge in [-0.1, -0.05) is 48.0 Å². The zero-order valence-electron chi connectivity index (χ0n) is 14.5. The van der Waals surface area contributed by atoms with Gasteiger partial charge in [-0.3, -0.25) is 0 Å². The first-order chi connectivity index (χ1) is 11.8. The van der Waals surface area contributed by atoms with Crippen molar-refractivity contribution in [2.24, 2.45) is 10.2 Å². The summed E-state index contributed by atoms with van der Waals surface area (Å²) in [6.07, 6.45) is 4.05. The van der Waals surface area contributed by atoms with E-state index in [0.717, 1.165) is 60.3 Å². The molecule has 24 heavy (non-hydrogen) atoms. The smallest absolute Gasteiger partial charge is 0.119 e. The van der Waals surface area contributed by atoms with Crippen molar-refractivity contribution >= 4 is 27.3 Å². The molecule has 0 saturated heterocycles. The van der Waals surface area contributed by atoms with Crippen molar-refractivity contribution in [2.45, 2.75) is 39.5 Å². The Morgan fingerprint density at radius 2 is 1.58 bits per heavy atom. The number of aryl methyl sites for hydroxylation is 2. The van der Waals surface area contributed by atoms with E-state index in [-0.39, 0.29) is 0 Å². The van der Waals surface area contributed by atoms with Crippen LogP contribution >= 0.6 is 15.9 Å². The van der Waals surface area contributed by atoms with Crippen molar-refractivity contribution in [1.82, 2.24) is 0 Å². The molecule has 0 radical (unpaired) electrons. The highest BCUT2D eigenvalue weighted by Gasteiger charge is 2.04. The third kappa shape index (κ3) is 5.45. The van der Waals surface area contributed by atoms with Crippen molar-refractivity contribution in [2.75, 3.05) is 11.9 Å². The number of rotatable bonds is 9. The quantitative estimate of drug-likeness (QED) is 0.264. The van der Waals surface area contributed by atoms with E-state index in [2.05, 4.69) is 52.1 Å². The molecule has 3 nitrogen and oxygen atoms in total. The number of azo groups is 1. The number of nitrogens with zero attached hydrogens (tertiary/aromatic N) is 2. The summed E-state index contributed by atoms with van der Waals surface area (Å²) in [4.78, 5) is 0. The molecule has 0 N–H and O–H groups in total. The molecule has 0 saturated carbocycles. The lowest BCUT2D eigenvalue weighted by atomic mass is 10.1. The van der Waals surface area contributed by atoms with E-state index in [1.165, 1.54) is 5.56 Å². The van der Waals surface area contributed by atoms with Gasteiger partial charge < -0.3 is 4.74 Å². The summed E-state index contributed by atoms with van der Waals surface area (Å²) >= 11 is 3.44. The van der Waals surface area contributed by atoms with E-state index < -0.39 is 0 Å². The third-order valence-corrected chi connectivity index (χ3v) is 4.43. The minimum atomic E-state index is 0.749. The average Bonchev–Trinajstić information content (AvgIpc) is 2.64. The number of alkyl halides is 1. The monoisotopic (exact) mass is 388 g/mol. The van der Waals surface area contributed by atoms with Crippen LogP contribution in [0, 0.1) is 0 Å². The van der Waals surface area contributed by atoms with Gasteiger partial charge in [0.05, 0.1) is 18.0 Å². The van der Waals surface area contributed by atoms with E-state index >= 15 is 0 Å². The maximum atomic E-state index is 5.81. The Morgan fingerprint density at radius 1 is 0.875 bits per heavy atom. The number of benzene rings is 2. The minimum Gasteiger partial charge on any atom is -0.494 e. The van der Waals surface area contributed by atoms with Crippen molar-refractivity contribution in [3.63, 3.8) is 0 Å². The second-order valence-electron chi connectivity index (χ2n) is 5.57. The number of unbranched alkanes of at least 4 members (excludes halogenated alkanes) is 1.